The normalized spacial score (nSPS) is 27.9. The van der Waals surface area contributed by atoms with Crippen LogP contribution in [0.15, 0.2) is 6.20 Å². The van der Waals surface area contributed by atoms with Gasteiger partial charge in [0.05, 0.1) is 5.69 Å². The fraction of sp³-hybridized carbons (Fsp3) is 0.857. The van der Waals surface area contributed by atoms with Crippen LogP contribution in [0.25, 0.3) is 0 Å². The summed E-state index contributed by atoms with van der Waals surface area (Å²) in [7, 11) is 1.91. The lowest BCUT2D eigenvalue weighted by Gasteiger charge is -2.46. The highest BCUT2D eigenvalue weighted by Gasteiger charge is 2.37. The summed E-state index contributed by atoms with van der Waals surface area (Å²) >= 11 is 0. The molecule has 0 atom stereocenters. The van der Waals surface area contributed by atoms with Gasteiger partial charge in [-0.15, -0.1) is 5.10 Å². The lowest BCUT2D eigenvalue weighted by molar-refractivity contribution is 0.0413. The van der Waals surface area contributed by atoms with Crippen molar-refractivity contribution in [2.24, 2.45) is 18.7 Å². The molecule has 0 amide bonds. The molecule has 1 fully saturated rings. The molecule has 1 aliphatic carbocycles. The van der Waals surface area contributed by atoms with Gasteiger partial charge in [-0.3, -0.25) is 9.58 Å². The first-order valence-corrected chi connectivity index (χ1v) is 7.40. The van der Waals surface area contributed by atoms with Gasteiger partial charge in [0, 0.05) is 31.9 Å². The summed E-state index contributed by atoms with van der Waals surface area (Å²) in [6.45, 7) is 7.18. The lowest BCUT2D eigenvalue weighted by Crippen LogP contribution is -2.55. The van der Waals surface area contributed by atoms with E-state index >= 15 is 0 Å². The summed E-state index contributed by atoms with van der Waals surface area (Å²) in [4.78, 5) is 2.50. The average Bonchev–Trinajstić information content (AvgIpc) is 2.83. The third-order valence-electron chi connectivity index (χ3n) is 4.64. The fourth-order valence-electron chi connectivity index (χ4n) is 3.23. The maximum absolute atomic E-state index is 6.14. The van der Waals surface area contributed by atoms with Gasteiger partial charge in [-0.05, 0) is 38.1 Å². The van der Waals surface area contributed by atoms with Crippen molar-refractivity contribution in [1.29, 1.82) is 0 Å². The predicted octanol–water partition coefficient (Wildman–Crippen LogP) is 1.54. The minimum Gasteiger partial charge on any atom is -0.329 e. The number of nitrogens with zero attached hydrogens (tertiary/aromatic N) is 4. The van der Waals surface area contributed by atoms with Crippen molar-refractivity contribution >= 4 is 0 Å². The molecule has 0 spiro atoms. The highest BCUT2D eigenvalue weighted by Crippen LogP contribution is 2.36. The molecule has 5 heteroatoms. The third kappa shape index (κ3) is 3.15. The lowest BCUT2D eigenvalue weighted by atomic mass is 9.76. The van der Waals surface area contributed by atoms with Crippen molar-refractivity contribution < 1.29 is 0 Å². The molecule has 0 saturated heterocycles. The van der Waals surface area contributed by atoms with Crippen LogP contribution >= 0.6 is 0 Å². The molecule has 1 aliphatic rings. The second-order valence-electron chi connectivity index (χ2n) is 6.01. The van der Waals surface area contributed by atoms with E-state index in [1.54, 1.807) is 4.68 Å². The number of nitrogens with two attached hydrogens (primary N) is 1. The van der Waals surface area contributed by atoms with Crippen LogP contribution in [0, 0.1) is 5.92 Å². The number of hydrogen-bond acceptors (Lipinski definition) is 4. The number of likely N-dealkylation sites (N-methyl/N-ethyl adjacent to an activating group) is 1. The van der Waals surface area contributed by atoms with E-state index in [4.69, 9.17) is 5.73 Å². The van der Waals surface area contributed by atoms with E-state index < -0.39 is 0 Å². The molecule has 1 aromatic heterocycles. The van der Waals surface area contributed by atoms with Crippen LogP contribution < -0.4 is 5.73 Å². The van der Waals surface area contributed by atoms with Crippen molar-refractivity contribution in [3.05, 3.63) is 11.9 Å². The summed E-state index contributed by atoms with van der Waals surface area (Å²) < 4.78 is 1.77. The van der Waals surface area contributed by atoms with Crippen molar-refractivity contribution in [2.45, 2.75) is 51.6 Å². The molecule has 2 N–H and O–H groups in total. The van der Waals surface area contributed by atoms with E-state index in [0.29, 0.717) is 0 Å². The average molecular weight is 265 g/mol. The Morgan fingerprint density at radius 2 is 2.16 bits per heavy atom. The van der Waals surface area contributed by atoms with Crippen LogP contribution in [-0.2, 0) is 13.6 Å². The highest BCUT2D eigenvalue weighted by molar-refractivity contribution is 4.99. The zero-order chi connectivity index (χ0) is 13.9. The third-order valence-corrected chi connectivity index (χ3v) is 4.64. The molecule has 0 bridgehead atoms. The Morgan fingerprint density at radius 1 is 1.47 bits per heavy atom. The summed E-state index contributed by atoms with van der Waals surface area (Å²) in [6, 6.07) is 0. The Balaban J connectivity index is 2.10. The second-order valence-corrected chi connectivity index (χ2v) is 6.01. The molecule has 1 heterocycles. The molecule has 2 rings (SSSR count). The standard InChI is InChI=1S/C14H27N5/c1-4-19(10-13-9-18(3)17-16-13)14(11-15)7-5-12(2)6-8-14/h9,12H,4-8,10-11,15H2,1-3H3. The highest BCUT2D eigenvalue weighted by atomic mass is 15.4. The SMILES string of the molecule is CCN(Cc1cn(C)nn1)C1(CN)CCC(C)CC1. The summed E-state index contributed by atoms with van der Waals surface area (Å²) in [5, 5.41) is 8.23. The Bertz CT molecular complexity index is 392. The van der Waals surface area contributed by atoms with Gasteiger partial charge in [0.2, 0.25) is 0 Å². The van der Waals surface area contributed by atoms with Crippen LogP contribution in [0.3, 0.4) is 0 Å². The molecule has 0 aromatic carbocycles. The summed E-state index contributed by atoms with van der Waals surface area (Å²) in [6.07, 6.45) is 6.98. The maximum atomic E-state index is 6.14. The fourth-order valence-corrected chi connectivity index (χ4v) is 3.23. The quantitative estimate of drug-likeness (QED) is 0.877. The maximum Gasteiger partial charge on any atom is 0.0967 e. The Hall–Kier alpha value is -0.940. The van der Waals surface area contributed by atoms with E-state index in [9.17, 15) is 0 Å². The number of hydrogen-bond donors (Lipinski definition) is 1. The summed E-state index contributed by atoms with van der Waals surface area (Å²) in [5.41, 5.74) is 7.34. The van der Waals surface area contributed by atoms with Gasteiger partial charge in [-0.2, -0.15) is 0 Å². The van der Waals surface area contributed by atoms with Crippen molar-refractivity contribution in [3.63, 3.8) is 0 Å². The molecular weight excluding hydrogens is 238 g/mol. The number of aromatic nitrogens is 3. The molecule has 19 heavy (non-hydrogen) atoms. The van der Waals surface area contributed by atoms with E-state index in [-0.39, 0.29) is 5.54 Å². The van der Waals surface area contributed by atoms with Crippen LogP contribution in [0.4, 0.5) is 0 Å². The first-order valence-electron chi connectivity index (χ1n) is 7.40. The minimum absolute atomic E-state index is 0.165. The minimum atomic E-state index is 0.165. The first-order chi connectivity index (χ1) is 9.09. The molecule has 108 valence electrons. The van der Waals surface area contributed by atoms with E-state index in [1.165, 1.54) is 25.7 Å². The first kappa shape index (κ1) is 14.5. The van der Waals surface area contributed by atoms with Crippen molar-refractivity contribution in [1.82, 2.24) is 19.9 Å². The van der Waals surface area contributed by atoms with Crippen LogP contribution in [0.5, 0.6) is 0 Å². The Labute approximate surface area is 116 Å². The van der Waals surface area contributed by atoms with E-state index in [0.717, 1.165) is 31.2 Å². The smallest absolute Gasteiger partial charge is 0.0967 e. The molecule has 0 radical (unpaired) electrons. The molecule has 0 aliphatic heterocycles. The van der Waals surface area contributed by atoms with Crippen LogP contribution in [0.2, 0.25) is 0 Å². The molecule has 0 unspecified atom stereocenters. The summed E-state index contributed by atoms with van der Waals surface area (Å²) in [5.74, 6) is 0.842. The van der Waals surface area contributed by atoms with Gasteiger partial charge >= 0.3 is 0 Å². The Kier molecular flexibility index (Phi) is 4.58. The molecule has 1 aromatic rings. The van der Waals surface area contributed by atoms with Crippen LogP contribution in [0.1, 0.15) is 45.2 Å². The van der Waals surface area contributed by atoms with Gasteiger partial charge in [0.1, 0.15) is 0 Å². The number of rotatable bonds is 5. The van der Waals surface area contributed by atoms with E-state index in [1.807, 2.05) is 13.2 Å². The van der Waals surface area contributed by atoms with Gasteiger partial charge in [-0.1, -0.05) is 19.1 Å². The van der Waals surface area contributed by atoms with Gasteiger partial charge < -0.3 is 5.73 Å². The van der Waals surface area contributed by atoms with Crippen molar-refractivity contribution in [3.8, 4) is 0 Å². The molecule has 5 nitrogen and oxygen atoms in total. The largest absolute Gasteiger partial charge is 0.329 e. The number of aryl methyl sites for hydroxylation is 1. The van der Waals surface area contributed by atoms with Gasteiger partial charge in [0.25, 0.3) is 0 Å². The monoisotopic (exact) mass is 265 g/mol. The predicted molar refractivity (Wildman–Crippen MR) is 76.5 cm³/mol. The van der Waals surface area contributed by atoms with Gasteiger partial charge in [-0.25, -0.2) is 0 Å². The van der Waals surface area contributed by atoms with E-state index in [2.05, 4.69) is 29.1 Å². The topological polar surface area (TPSA) is 60.0 Å². The molecule has 1 saturated carbocycles. The Morgan fingerprint density at radius 3 is 2.63 bits per heavy atom. The zero-order valence-corrected chi connectivity index (χ0v) is 12.5. The van der Waals surface area contributed by atoms with Crippen LogP contribution in [-0.4, -0.2) is 38.5 Å². The second kappa shape index (κ2) is 6.01. The van der Waals surface area contributed by atoms with Gasteiger partial charge in [0.15, 0.2) is 0 Å². The molecular formula is C14H27N5. The zero-order valence-electron chi connectivity index (χ0n) is 12.5. The van der Waals surface area contributed by atoms with Crippen molar-refractivity contribution in [2.75, 3.05) is 13.1 Å².